The summed E-state index contributed by atoms with van der Waals surface area (Å²) in [5.41, 5.74) is 2.46. The molecule has 2 rings (SSSR count). The highest BCUT2D eigenvalue weighted by molar-refractivity contribution is 5.74. The van der Waals surface area contributed by atoms with E-state index in [0.29, 0.717) is 0 Å². The Bertz CT molecular complexity index is 519. The highest BCUT2D eigenvalue weighted by Crippen LogP contribution is 2.11. The second-order valence-electron chi connectivity index (χ2n) is 3.43. The Kier molecular flexibility index (Phi) is 2.78. The largest absolute Gasteiger partial charge is 0.396 e. The van der Waals surface area contributed by atoms with E-state index in [1.807, 2.05) is 18.2 Å². The zero-order valence-corrected chi connectivity index (χ0v) is 8.23. The third kappa shape index (κ3) is 2.22. The molecular formula is C11H12N2O2. The molecule has 0 spiro atoms. The van der Waals surface area contributed by atoms with Crippen LogP contribution in [-0.4, -0.2) is 21.7 Å². The van der Waals surface area contributed by atoms with Gasteiger partial charge in [0.1, 0.15) is 0 Å². The first-order valence-corrected chi connectivity index (χ1v) is 4.88. The molecule has 0 radical (unpaired) electrons. The number of aromatic nitrogens is 2. The molecule has 0 aliphatic carbocycles. The van der Waals surface area contributed by atoms with Crippen LogP contribution in [0, 0.1) is 0 Å². The Morgan fingerprint density at radius 2 is 2.27 bits per heavy atom. The molecule has 2 aromatic rings. The number of benzene rings is 1. The van der Waals surface area contributed by atoms with Gasteiger partial charge in [-0.15, -0.1) is 0 Å². The molecule has 0 saturated carbocycles. The molecule has 0 aliphatic rings. The molecule has 2 N–H and O–H groups in total. The van der Waals surface area contributed by atoms with Crippen LogP contribution in [-0.2, 0) is 6.42 Å². The lowest BCUT2D eigenvalue weighted by Gasteiger charge is -2.01. The van der Waals surface area contributed by atoms with Crippen molar-refractivity contribution in [2.24, 2.45) is 0 Å². The predicted molar refractivity (Wildman–Crippen MR) is 57.8 cm³/mol. The Morgan fingerprint density at radius 3 is 3.07 bits per heavy atom. The van der Waals surface area contributed by atoms with Crippen LogP contribution < -0.4 is 5.56 Å². The first-order chi connectivity index (χ1) is 7.29. The number of nitrogens with zero attached hydrogens (tertiary/aromatic N) is 1. The van der Waals surface area contributed by atoms with Gasteiger partial charge in [0, 0.05) is 6.61 Å². The van der Waals surface area contributed by atoms with E-state index < -0.39 is 0 Å². The summed E-state index contributed by atoms with van der Waals surface area (Å²) in [6.07, 6.45) is 2.85. The molecule has 0 amide bonds. The summed E-state index contributed by atoms with van der Waals surface area (Å²) in [5, 5.41) is 8.71. The molecule has 0 saturated heterocycles. The van der Waals surface area contributed by atoms with Gasteiger partial charge in [-0.05, 0) is 30.5 Å². The van der Waals surface area contributed by atoms with Crippen molar-refractivity contribution in [1.82, 2.24) is 9.97 Å². The number of H-pyrrole nitrogens is 1. The Labute approximate surface area is 86.6 Å². The number of aromatic amines is 1. The van der Waals surface area contributed by atoms with Gasteiger partial charge in [-0.25, -0.2) is 4.98 Å². The second-order valence-corrected chi connectivity index (χ2v) is 3.43. The van der Waals surface area contributed by atoms with E-state index >= 15 is 0 Å². The van der Waals surface area contributed by atoms with Crippen molar-refractivity contribution in [2.75, 3.05) is 6.61 Å². The average molecular weight is 204 g/mol. The number of hydrogen-bond acceptors (Lipinski definition) is 3. The minimum absolute atomic E-state index is 0.189. The van der Waals surface area contributed by atoms with E-state index in [4.69, 9.17) is 5.11 Å². The fraction of sp³-hybridized carbons (Fsp3) is 0.273. The first kappa shape index (κ1) is 9.86. The standard InChI is InChI=1S/C11H12N2O2/c14-5-1-2-8-3-4-9-10(6-8)12-7-11(15)13-9/h3-4,6-7,14H,1-2,5H2,(H,13,15). The zero-order valence-electron chi connectivity index (χ0n) is 8.23. The summed E-state index contributed by atoms with van der Waals surface area (Å²) in [5.74, 6) is 0. The van der Waals surface area contributed by atoms with Crippen LogP contribution in [0.1, 0.15) is 12.0 Å². The van der Waals surface area contributed by atoms with Gasteiger partial charge in [0.25, 0.3) is 5.56 Å². The molecule has 15 heavy (non-hydrogen) atoms. The number of aryl methyl sites for hydroxylation is 1. The van der Waals surface area contributed by atoms with Crippen molar-refractivity contribution in [3.8, 4) is 0 Å². The molecule has 0 unspecified atom stereocenters. The van der Waals surface area contributed by atoms with Crippen LogP contribution in [0.25, 0.3) is 11.0 Å². The van der Waals surface area contributed by atoms with Crippen molar-refractivity contribution < 1.29 is 5.11 Å². The van der Waals surface area contributed by atoms with Gasteiger partial charge in [0.2, 0.25) is 0 Å². The molecule has 0 atom stereocenters. The van der Waals surface area contributed by atoms with Gasteiger partial charge in [-0.3, -0.25) is 4.79 Å². The third-order valence-electron chi connectivity index (χ3n) is 2.26. The number of aliphatic hydroxyl groups is 1. The molecular weight excluding hydrogens is 192 g/mol. The van der Waals surface area contributed by atoms with Crippen molar-refractivity contribution in [2.45, 2.75) is 12.8 Å². The Balaban J connectivity index is 2.39. The van der Waals surface area contributed by atoms with Crippen LogP contribution in [0.2, 0.25) is 0 Å². The lowest BCUT2D eigenvalue weighted by Crippen LogP contribution is -2.04. The normalized spacial score (nSPS) is 10.7. The number of fused-ring (bicyclic) bond motifs is 1. The maximum atomic E-state index is 11.0. The van der Waals surface area contributed by atoms with E-state index in [1.54, 1.807) is 0 Å². The zero-order chi connectivity index (χ0) is 10.7. The number of hydrogen-bond donors (Lipinski definition) is 2. The van der Waals surface area contributed by atoms with Crippen molar-refractivity contribution in [3.63, 3.8) is 0 Å². The summed E-state index contributed by atoms with van der Waals surface area (Å²) in [6, 6.07) is 5.72. The minimum atomic E-state index is -0.189. The Morgan fingerprint density at radius 1 is 1.40 bits per heavy atom. The number of rotatable bonds is 3. The van der Waals surface area contributed by atoms with Crippen molar-refractivity contribution in [1.29, 1.82) is 0 Å². The van der Waals surface area contributed by atoms with Crippen LogP contribution in [0.5, 0.6) is 0 Å². The fourth-order valence-corrected chi connectivity index (χ4v) is 1.52. The summed E-state index contributed by atoms with van der Waals surface area (Å²) < 4.78 is 0. The summed E-state index contributed by atoms with van der Waals surface area (Å²) >= 11 is 0. The minimum Gasteiger partial charge on any atom is -0.396 e. The fourth-order valence-electron chi connectivity index (χ4n) is 1.52. The number of nitrogens with one attached hydrogen (secondary N) is 1. The second kappa shape index (κ2) is 4.23. The topological polar surface area (TPSA) is 66.0 Å². The maximum absolute atomic E-state index is 11.0. The van der Waals surface area contributed by atoms with Gasteiger partial charge < -0.3 is 10.1 Å². The van der Waals surface area contributed by atoms with Gasteiger partial charge >= 0.3 is 0 Å². The molecule has 1 heterocycles. The van der Waals surface area contributed by atoms with Crippen LogP contribution in [0.15, 0.2) is 29.2 Å². The van der Waals surface area contributed by atoms with E-state index in [9.17, 15) is 4.79 Å². The molecule has 0 bridgehead atoms. The van der Waals surface area contributed by atoms with Crippen molar-refractivity contribution in [3.05, 3.63) is 40.3 Å². The smallest absolute Gasteiger partial charge is 0.266 e. The summed E-state index contributed by atoms with van der Waals surface area (Å²) in [7, 11) is 0. The molecule has 78 valence electrons. The Hall–Kier alpha value is -1.68. The van der Waals surface area contributed by atoms with Gasteiger partial charge in [-0.2, -0.15) is 0 Å². The van der Waals surface area contributed by atoms with Gasteiger partial charge in [0.15, 0.2) is 0 Å². The molecule has 1 aromatic carbocycles. The SMILES string of the molecule is O=c1cnc2cc(CCCO)ccc2[nH]1. The summed E-state index contributed by atoms with van der Waals surface area (Å²) in [4.78, 5) is 17.7. The van der Waals surface area contributed by atoms with Crippen molar-refractivity contribution >= 4 is 11.0 Å². The molecule has 4 heteroatoms. The van der Waals surface area contributed by atoms with Gasteiger partial charge in [0.05, 0.1) is 17.2 Å². The highest BCUT2D eigenvalue weighted by atomic mass is 16.2. The lowest BCUT2D eigenvalue weighted by atomic mass is 10.1. The van der Waals surface area contributed by atoms with E-state index in [-0.39, 0.29) is 12.2 Å². The maximum Gasteiger partial charge on any atom is 0.266 e. The monoisotopic (exact) mass is 204 g/mol. The summed E-state index contributed by atoms with van der Waals surface area (Å²) in [6.45, 7) is 0.192. The average Bonchev–Trinajstić information content (AvgIpc) is 2.26. The van der Waals surface area contributed by atoms with Crippen LogP contribution in [0.4, 0.5) is 0 Å². The highest BCUT2D eigenvalue weighted by Gasteiger charge is 1.98. The van der Waals surface area contributed by atoms with E-state index in [1.165, 1.54) is 6.20 Å². The van der Waals surface area contributed by atoms with Crippen LogP contribution >= 0.6 is 0 Å². The predicted octanol–water partition coefficient (Wildman–Crippen LogP) is 0.848. The molecule has 0 fully saturated rings. The molecule has 4 nitrogen and oxygen atoms in total. The first-order valence-electron chi connectivity index (χ1n) is 4.88. The van der Waals surface area contributed by atoms with E-state index in [0.717, 1.165) is 29.4 Å². The molecule has 1 aromatic heterocycles. The molecule has 0 aliphatic heterocycles. The third-order valence-corrected chi connectivity index (χ3v) is 2.26. The van der Waals surface area contributed by atoms with Gasteiger partial charge in [-0.1, -0.05) is 6.07 Å². The lowest BCUT2D eigenvalue weighted by molar-refractivity contribution is 0.288. The quantitative estimate of drug-likeness (QED) is 0.778. The van der Waals surface area contributed by atoms with E-state index in [2.05, 4.69) is 9.97 Å². The number of aliphatic hydroxyl groups excluding tert-OH is 1. The van der Waals surface area contributed by atoms with Crippen LogP contribution in [0.3, 0.4) is 0 Å².